The number of hydrogen-bond acceptors (Lipinski definition) is 1. The van der Waals surface area contributed by atoms with Crippen LogP contribution in [0.3, 0.4) is 0 Å². The van der Waals surface area contributed by atoms with Crippen molar-refractivity contribution in [1.29, 1.82) is 0 Å². The van der Waals surface area contributed by atoms with Crippen LogP contribution in [-0.2, 0) is 12.8 Å². The second-order valence-corrected chi connectivity index (χ2v) is 5.40. The molecule has 1 nitrogen and oxygen atoms in total. The molecule has 0 radical (unpaired) electrons. The van der Waals surface area contributed by atoms with Gasteiger partial charge in [0.15, 0.2) is 0 Å². The number of aryl methyl sites for hydroxylation is 1. The number of phenolic OH excluding ortho intramolecular Hbond substituents is 1. The molecule has 0 amide bonds. The first-order valence-electron chi connectivity index (χ1n) is 6.57. The molecule has 100 valence electrons. The van der Waals surface area contributed by atoms with Crippen LogP contribution in [0.2, 0.25) is 0 Å². The van der Waals surface area contributed by atoms with Crippen molar-refractivity contribution in [1.82, 2.24) is 0 Å². The molecule has 2 rings (SSSR count). The van der Waals surface area contributed by atoms with Crippen LogP contribution < -0.4 is 0 Å². The summed E-state index contributed by atoms with van der Waals surface area (Å²) in [5.74, 6) is 1.34. The fourth-order valence-electron chi connectivity index (χ4n) is 2.37. The minimum atomic E-state index is 0.321. The number of aromatic hydroxyl groups is 1. The molecule has 2 aromatic carbocycles. The van der Waals surface area contributed by atoms with Crippen molar-refractivity contribution in [2.24, 2.45) is 5.92 Å². The average molecular weight is 275 g/mol. The van der Waals surface area contributed by atoms with Crippen molar-refractivity contribution < 1.29 is 5.11 Å². The summed E-state index contributed by atoms with van der Waals surface area (Å²) >= 11 is 6.08. The molecule has 0 spiro atoms. The van der Waals surface area contributed by atoms with Gasteiger partial charge in [-0.25, -0.2) is 0 Å². The fraction of sp³-hybridized carbons (Fsp3) is 0.294. The van der Waals surface area contributed by atoms with E-state index in [0.29, 0.717) is 17.5 Å². The molecule has 0 aliphatic rings. The third-order valence-corrected chi connectivity index (χ3v) is 3.70. The molecule has 0 saturated carbocycles. The number of alkyl halides is 1. The Bertz CT molecular complexity index is 489. The van der Waals surface area contributed by atoms with E-state index in [-0.39, 0.29) is 0 Å². The quantitative estimate of drug-likeness (QED) is 0.804. The number of phenols is 1. The Hall–Kier alpha value is -1.47. The lowest BCUT2D eigenvalue weighted by Crippen LogP contribution is -2.10. The van der Waals surface area contributed by atoms with Crippen LogP contribution in [0.4, 0.5) is 0 Å². The van der Waals surface area contributed by atoms with Crippen molar-refractivity contribution in [3.8, 4) is 5.75 Å². The minimum absolute atomic E-state index is 0.321. The van der Waals surface area contributed by atoms with Gasteiger partial charge in [0.25, 0.3) is 0 Å². The summed E-state index contributed by atoms with van der Waals surface area (Å²) in [5.41, 5.74) is 3.74. The predicted molar refractivity (Wildman–Crippen MR) is 80.9 cm³/mol. The van der Waals surface area contributed by atoms with E-state index in [1.165, 1.54) is 11.1 Å². The van der Waals surface area contributed by atoms with Crippen LogP contribution in [0, 0.1) is 12.8 Å². The first-order chi connectivity index (χ1) is 9.17. The van der Waals surface area contributed by atoms with Gasteiger partial charge in [0.05, 0.1) is 0 Å². The Morgan fingerprint density at radius 3 is 2.21 bits per heavy atom. The van der Waals surface area contributed by atoms with Crippen LogP contribution >= 0.6 is 11.6 Å². The molecule has 0 aliphatic heterocycles. The summed E-state index contributed by atoms with van der Waals surface area (Å²) in [5, 5.41) is 9.49. The molecule has 0 aromatic heterocycles. The van der Waals surface area contributed by atoms with Gasteiger partial charge in [0, 0.05) is 5.88 Å². The first kappa shape index (κ1) is 14.0. The molecule has 2 aromatic rings. The van der Waals surface area contributed by atoms with Gasteiger partial charge < -0.3 is 5.11 Å². The van der Waals surface area contributed by atoms with Crippen LogP contribution in [0.1, 0.15) is 16.7 Å². The summed E-state index contributed by atoms with van der Waals surface area (Å²) in [6.45, 7) is 2.11. The maximum Gasteiger partial charge on any atom is 0.115 e. The van der Waals surface area contributed by atoms with Crippen molar-refractivity contribution >= 4 is 11.6 Å². The van der Waals surface area contributed by atoms with Gasteiger partial charge in [0.1, 0.15) is 5.75 Å². The predicted octanol–water partition coefficient (Wildman–Crippen LogP) is 4.34. The Morgan fingerprint density at radius 2 is 1.63 bits per heavy atom. The number of halogens is 1. The Morgan fingerprint density at radius 1 is 1.00 bits per heavy atom. The van der Waals surface area contributed by atoms with E-state index in [1.807, 2.05) is 18.2 Å². The molecule has 0 fully saturated rings. The molecular weight excluding hydrogens is 256 g/mol. The third kappa shape index (κ3) is 4.29. The standard InChI is InChI=1S/C17H19ClO/c1-13-4-2-5-14(8-13)9-16(12-18)10-15-6-3-7-17(19)11-15/h2-8,11,16,19H,9-10,12H2,1H3. The summed E-state index contributed by atoms with van der Waals surface area (Å²) in [6, 6.07) is 16.0. The zero-order valence-corrected chi connectivity index (χ0v) is 11.9. The molecule has 0 bridgehead atoms. The largest absolute Gasteiger partial charge is 0.508 e. The highest BCUT2D eigenvalue weighted by atomic mass is 35.5. The normalized spacial score (nSPS) is 12.3. The molecule has 2 heteroatoms. The smallest absolute Gasteiger partial charge is 0.115 e. The first-order valence-corrected chi connectivity index (χ1v) is 7.10. The lowest BCUT2D eigenvalue weighted by molar-refractivity contribution is 0.473. The average Bonchev–Trinajstić information content (AvgIpc) is 2.38. The zero-order valence-electron chi connectivity index (χ0n) is 11.1. The van der Waals surface area contributed by atoms with Gasteiger partial charge in [-0.1, -0.05) is 42.0 Å². The van der Waals surface area contributed by atoms with Crippen molar-refractivity contribution in [3.05, 3.63) is 65.2 Å². The van der Waals surface area contributed by atoms with Crippen molar-refractivity contribution in [2.45, 2.75) is 19.8 Å². The highest BCUT2D eigenvalue weighted by Crippen LogP contribution is 2.19. The maximum absolute atomic E-state index is 9.49. The number of hydrogen-bond donors (Lipinski definition) is 1. The monoisotopic (exact) mass is 274 g/mol. The van der Waals surface area contributed by atoms with Crippen molar-refractivity contribution in [3.63, 3.8) is 0 Å². The van der Waals surface area contributed by atoms with E-state index >= 15 is 0 Å². The summed E-state index contributed by atoms with van der Waals surface area (Å²) in [7, 11) is 0. The third-order valence-electron chi connectivity index (χ3n) is 3.26. The highest BCUT2D eigenvalue weighted by Gasteiger charge is 2.10. The molecule has 0 aliphatic carbocycles. The van der Waals surface area contributed by atoms with Gasteiger partial charge in [0.2, 0.25) is 0 Å². The topological polar surface area (TPSA) is 20.2 Å². The minimum Gasteiger partial charge on any atom is -0.508 e. The van der Waals surface area contributed by atoms with E-state index in [0.717, 1.165) is 18.4 Å². The van der Waals surface area contributed by atoms with Crippen LogP contribution in [-0.4, -0.2) is 11.0 Å². The molecule has 0 saturated heterocycles. The Balaban J connectivity index is 2.04. The van der Waals surface area contributed by atoms with E-state index in [2.05, 4.69) is 31.2 Å². The van der Waals surface area contributed by atoms with Gasteiger partial charge in [-0.05, 0) is 48.9 Å². The van der Waals surface area contributed by atoms with Crippen LogP contribution in [0.25, 0.3) is 0 Å². The zero-order chi connectivity index (χ0) is 13.7. The summed E-state index contributed by atoms with van der Waals surface area (Å²) in [4.78, 5) is 0. The van der Waals surface area contributed by atoms with Gasteiger partial charge in [-0.2, -0.15) is 0 Å². The summed E-state index contributed by atoms with van der Waals surface area (Å²) in [6.07, 6.45) is 1.87. The Labute approximate surface area is 119 Å². The molecule has 1 N–H and O–H groups in total. The van der Waals surface area contributed by atoms with Gasteiger partial charge in [-0.15, -0.1) is 11.6 Å². The molecular formula is C17H19ClO. The Kier molecular flexibility index (Phi) is 4.86. The van der Waals surface area contributed by atoms with Gasteiger partial charge in [-0.3, -0.25) is 0 Å². The van der Waals surface area contributed by atoms with E-state index in [9.17, 15) is 5.11 Å². The second kappa shape index (κ2) is 6.63. The fourth-order valence-corrected chi connectivity index (χ4v) is 2.59. The van der Waals surface area contributed by atoms with E-state index in [4.69, 9.17) is 11.6 Å². The second-order valence-electron chi connectivity index (χ2n) is 5.09. The van der Waals surface area contributed by atoms with Crippen molar-refractivity contribution in [2.75, 3.05) is 5.88 Å². The number of benzene rings is 2. The lowest BCUT2D eigenvalue weighted by Gasteiger charge is -2.14. The molecule has 1 unspecified atom stereocenters. The molecule has 0 heterocycles. The summed E-state index contributed by atoms with van der Waals surface area (Å²) < 4.78 is 0. The highest BCUT2D eigenvalue weighted by molar-refractivity contribution is 6.18. The van der Waals surface area contributed by atoms with Crippen LogP contribution in [0.15, 0.2) is 48.5 Å². The maximum atomic E-state index is 9.49. The SMILES string of the molecule is Cc1cccc(CC(CCl)Cc2cccc(O)c2)c1. The lowest BCUT2D eigenvalue weighted by atomic mass is 9.93. The molecule has 1 atom stereocenters. The number of rotatable bonds is 5. The van der Waals surface area contributed by atoms with E-state index in [1.54, 1.807) is 6.07 Å². The molecule has 19 heavy (non-hydrogen) atoms. The van der Waals surface area contributed by atoms with E-state index < -0.39 is 0 Å². The van der Waals surface area contributed by atoms with Gasteiger partial charge >= 0.3 is 0 Å². The van der Waals surface area contributed by atoms with Crippen LogP contribution in [0.5, 0.6) is 5.75 Å².